The SMILES string of the molecule is COc1cccc(CNCCCO)c1OCc1ccccc1C. The molecule has 0 unspecified atom stereocenters. The Hall–Kier alpha value is -2.04. The van der Waals surface area contributed by atoms with Crippen LogP contribution in [0.2, 0.25) is 0 Å². The number of rotatable bonds is 9. The number of para-hydroxylation sites is 1. The third-order valence-electron chi connectivity index (χ3n) is 3.74. The lowest BCUT2D eigenvalue weighted by Crippen LogP contribution is -2.16. The predicted molar refractivity (Wildman–Crippen MR) is 91.9 cm³/mol. The van der Waals surface area contributed by atoms with Gasteiger partial charge in [-0.15, -0.1) is 0 Å². The Bertz CT molecular complexity index is 613. The molecule has 0 bridgehead atoms. The number of nitrogens with one attached hydrogen (secondary N) is 1. The van der Waals surface area contributed by atoms with Crippen LogP contribution in [0.3, 0.4) is 0 Å². The van der Waals surface area contributed by atoms with E-state index in [1.54, 1.807) is 7.11 Å². The smallest absolute Gasteiger partial charge is 0.166 e. The fourth-order valence-corrected chi connectivity index (χ4v) is 2.37. The fraction of sp³-hybridized carbons (Fsp3) is 0.368. The van der Waals surface area contributed by atoms with E-state index in [-0.39, 0.29) is 6.61 Å². The first-order valence-electron chi connectivity index (χ1n) is 7.91. The molecule has 0 saturated heterocycles. The quantitative estimate of drug-likeness (QED) is 0.698. The highest BCUT2D eigenvalue weighted by atomic mass is 16.5. The minimum absolute atomic E-state index is 0.196. The maximum Gasteiger partial charge on any atom is 0.166 e. The molecule has 0 aliphatic rings. The Kier molecular flexibility index (Phi) is 6.91. The van der Waals surface area contributed by atoms with Gasteiger partial charge in [0, 0.05) is 18.7 Å². The van der Waals surface area contributed by atoms with E-state index in [0.29, 0.717) is 13.2 Å². The number of benzene rings is 2. The van der Waals surface area contributed by atoms with Crippen LogP contribution in [-0.4, -0.2) is 25.4 Å². The Labute approximate surface area is 138 Å². The van der Waals surface area contributed by atoms with Gasteiger partial charge in [0.25, 0.3) is 0 Å². The predicted octanol–water partition coefficient (Wildman–Crippen LogP) is 3.05. The molecule has 0 radical (unpaired) electrons. The minimum Gasteiger partial charge on any atom is -0.493 e. The number of aliphatic hydroxyl groups is 1. The van der Waals surface area contributed by atoms with Crippen LogP contribution in [0, 0.1) is 6.92 Å². The van der Waals surface area contributed by atoms with E-state index < -0.39 is 0 Å². The average molecular weight is 315 g/mol. The molecule has 23 heavy (non-hydrogen) atoms. The van der Waals surface area contributed by atoms with Crippen LogP contribution in [0.25, 0.3) is 0 Å². The third kappa shape index (κ3) is 4.98. The Balaban J connectivity index is 2.10. The van der Waals surface area contributed by atoms with Gasteiger partial charge >= 0.3 is 0 Å². The topological polar surface area (TPSA) is 50.7 Å². The van der Waals surface area contributed by atoms with E-state index in [4.69, 9.17) is 14.6 Å². The second kappa shape index (κ2) is 9.18. The van der Waals surface area contributed by atoms with Crippen molar-refractivity contribution in [1.29, 1.82) is 0 Å². The van der Waals surface area contributed by atoms with Crippen molar-refractivity contribution in [2.24, 2.45) is 0 Å². The monoisotopic (exact) mass is 315 g/mol. The molecule has 0 saturated carbocycles. The summed E-state index contributed by atoms with van der Waals surface area (Å²) in [5.41, 5.74) is 3.43. The zero-order chi connectivity index (χ0) is 16.5. The molecular formula is C19H25NO3. The van der Waals surface area contributed by atoms with Crippen molar-refractivity contribution in [3.8, 4) is 11.5 Å². The molecular weight excluding hydrogens is 290 g/mol. The van der Waals surface area contributed by atoms with Crippen LogP contribution in [0.5, 0.6) is 11.5 Å². The first-order chi connectivity index (χ1) is 11.3. The van der Waals surface area contributed by atoms with Gasteiger partial charge in [0.05, 0.1) is 7.11 Å². The van der Waals surface area contributed by atoms with Gasteiger partial charge in [-0.1, -0.05) is 36.4 Å². The second-order valence-corrected chi connectivity index (χ2v) is 5.42. The summed E-state index contributed by atoms with van der Waals surface area (Å²) in [4.78, 5) is 0. The maximum atomic E-state index is 8.85. The van der Waals surface area contributed by atoms with Gasteiger partial charge in [-0.25, -0.2) is 0 Å². The van der Waals surface area contributed by atoms with Crippen LogP contribution < -0.4 is 14.8 Å². The Morgan fingerprint density at radius 2 is 1.83 bits per heavy atom. The zero-order valence-electron chi connectivity index (χ0n) is 13.8. The number of hydrogen-bond acceptors (Lipinski definition) is 4. The van der Waals surface area contributed by atoms with E-state index in [0.717, 1.165) is 35.6 Å². The standard InChI is InChI=1S/C19H25NO3/c1-15-7-3-4-8-17(15)14-23-19-16(13-20-11-6-12-21)9-5-10-18(19)22-2/h3-5,7-10,20-21H,6,11-14H2,1-2H3. The largest absolute Gasteiger partial charge is 0.493 e. The van der Waals surface area contributed by atoms with Crippen molar-refractivity contribution >= 4 is 0 Å². The lowest BCUT2D eigenvalue weighted by molar-refractivity contribution is 0.278. The van der Waals surface area contributed by atoms with Crippen molar-refractivity contribution < 1.29 is 14.6 Å². The van der Waals surface area contributed by atoms with Gasteiger partial charge in [0.1, 0.15) is 6.61 Å². The van der Waals surface area contributed by atoms with E-state index in [9.17, 15) is 0 Å². The molecule has 2 aromatic carbocycles. The van der Waals surface area contributed by atoms with Gasteiger partial charge in [0.2, 0.25) is 0 Å². The molecule has 2 rings (SSSR count). The average Bonchev–Trinajstić information content (AvgIpc) is 2.58. The van der Waals surface area contributed by atoms with Gasteiger partial charge in [-0.05, 0) is 37.1 Å². The molecule has 2 N–H and O–H groups in total. The molecule has 0 amide bonds. The molecule has 4 nitrogen and oxygen atoms in total. The van der Waals surface area contributed by atoms with Crippen molar-refractivity contribution in [2.75, 3.05) is 20.3 Å². The van der Waals surface area contributed by atoms with Gasteiger partial charge in [0.15, 0.2) is 11.5 Å². The van der Waals surface area contributed by atoms with Crippen LogP contribution in [0.15, 0.2) is 42.5 Å². The first-order valence-corrected chi connectivity index (χ1v) is 7.91. The zero-order valence-corrected chi connectivity index (χ0v) is 13.8. The summed E-state index contributed by atoms with van der Waals surface area (Å²) in [7, 11) is 1.65. The Morgan fingerprint density at radius 1 is 1.04 bits per heavy atom. The van der Waals surface area contributed by atoms with Gasteiger partial charge in [-0.2, -0.15) is 0 Å². The highest BCUT2D eigenvalue weighted by Gasteiger charge is 2.11. The van der Waals surface area contributed by atoms with E-state index in [2.05, 4.69) is 24.4 Å². The minimum atomic E-state index is 0.196. The fourth-order valence-electron chi connectivity index (χ4n) is 2.37. The lowest BCUT2D eigenvalue weighted by Gasteiger charge is -2.16. The number of methoxy groups -OCH3 is 1. The van der Waals surface area contributed by atoms with Crippen molar-refractivity contribution in [1.82, 2.24) is 5.32 Å². The molecule has 0 aromatic heterocycles. The van der Waals surface area contributed by atoms with E-state index in [1.807, 2.05) is 30.3 Å². The molecule has 0 heterocycles. The number of aryl methyl sites for hydroxylation is 1. The molecule has 2 aromatic rings. The van der Waals surface area contributed by atoms with Crippen LogP contribution in [0.1, 0.15) is 23.1 Å². The molecule has 4 heteroatoms. The van der Waals surface area contributed by atoms with Crippen LogP contribution >= 0.6 is 0 Å². The number of ether oxygens (including phenoxy) is 2. The summed E-state index contributed by atoms with van der Waals surface area (Å²) in [6.07, 6.45) is 0.739. The highest BCUT2D eigenvalue weighted by Crippen LogP contribution is 2.32. The molecule has 0 atom stereocenters. The molecule has 0 spiro atoms. The number of hydrogen-bond donors (Lipinski definition) is 2. The summed E-state index contributed by atoms with van der Waals surface area (Å²) in [5, 5.41) is 12.2. The second-order valence-electron chi connectivity index (χ2n) is 5.42. The van der Waals surface area contributed by atoms with Gasteiger partial charge < -0.3 is 19.9 Å². The normalized spacial score (nSPS) is 10.6. The number of aliphatic hydroxyl groups excluding tert-OH is 1. The molecule has 124 valence electrons. The highest BCUT2D eigenvalue weighted by molar-refractivity contribution is 5.46. The van der Waals surface area contributed by atoms with Crippen molar-refractivity contribution in [3.63, 3.8) is 0 Å². The summed E-state index contributed by atoms with van der Waals surface area (Å²) >= 11 is 0. The molecule has 0 aliphatic carbocycles. The maximum absolute atomic E-state index is 8.85. The summed E-state index contributed by atoms with van der Waals surface area (Å²) in [5.74, 6) is 1.51. The van der Waals surface area contributed by atoms with Crippen molar-refractivity contribution in [3.05, 3.63) is 59.2 Å². The lowest BCUT2D eigenvalue weighted by atomic mass is 10.1. The molecule has 0 fully saturated rings. The van der Waals surface area contributed by atoms with Crippen molar-refractivity contribution in [2.45, 2.75) is 26.5 Å². The summed E-state index contributed by atoms with van der Waals surface area (Å²) in [6, 6.07) is 14.1. The third-order valence-corrected chi connectivity index (χ3v) is 3.74. The van der Waals surface area contributed by atoms with Crippen LogP contribution in [-0.2, 0) is 13.2 Å². The van der Waals surface area contributed by atoms with E-state index in [1.165, 1.54) is 5.56 Å². The van der Waals surface area contributed by atoms with Crippen LogP contribution in [0.4, 0.5) is 0 Å². The molecule has 0 aliphatic heterocycles. The first kappa shape index (κ1) is 17.3. The van der Waals surface area contributed by atoms with E-state index >= 15 is 0 Å². The Morgan fingerprint density at radius 3 is 2.57 bits per heavy atom. The summed E-state index contributed by atoms with van der Waals surface area (Å²) < 4.78 is 11.5. The summed E-state index contributed by atoms with van der Waals surface area (Å²) in [6.45, 7) is 4.24. The van der Waals surface area contributed by atoms with Gasteiger partial charge in [-0.3, -0.25) is 0 Å².